The van der Waals surface area contributed by atoms with Crippen LogP contribution in [-0.2, 0) is 11.3 Å². The lowest BCUT2D eigenvalue weighted by molar-refractivity contribution is 0.0526. The molecular formula is C23H20BrN3O3S. The second-order valence-corrected chi connectivity index (χ2v) is 7.78. The van der Waals surface area contributed by atoms with E-state index in [0.717, 1.165) is 15.7 Å². The van der Waals surface area contributed by atoms with Gasteiger partial charge >= 0.3 is 5.97 Å². The Morgan fingerprint density at radius 3 is 2.35 bits per heavy atom. The molecule has 0 saturated carbocycles. The van der Waals surface area contributed by atoms with Gasteiger partial charge in [-0.05, 0) is 79.3 Å². The Morgan fingerprint density at radius 2 is 1.74 bits per heavy atom. The number of rotatable bonds is 6. The molecule has 6 nitrogen and oxygen atoms in total. The molecule has 0 spiro atoms. The predicted molar refractivity (Wildman–Crippen MR) is 127 cm³/mol. The van der Waals surface area contributed by atoms with Gasteiger partial charge in [0.2, 0.25) is 0 Å². The molecule has 2 aromatic carbocycles. The topological polar surface area (TPSA) is 71.5 Å². The number of amides is 1. The molecule has 0 saturated heterocycles. The summed E-state index contributed by atoms with van der Waals surface area (Å²) in [5, 5.41) is 3.02. The summed E-state index contributed by atoms with van der Waals surface area (Å²) in [5.41, 5.74) is 2.57. The van der Waals surface area contributed by atoms with E-state index in [4.69, 9.17) is 17.0 Å². The van der Waals surface area contributed by atoms with Gasteiger partial charge in [0.1, 0.15) is 0 Å². The lowest BCUT2D eigenvalue weighted by Crippen LogP contribution is -2.42. The molecular weight excluding hydrogens is 478 g/mol. The Kier molecular flexibility index (Phi) is 7.86. The molecule has 3 rings (SSSR count). The summed E-state index contributed by atoms with van der Waals surface area (Å²) in [4.78, 5) is 30.5. The maximum atomic E-state index is 12.7. The van der Waals surface area contributed by atoms with E-state index < -0.39 is 0 Å². The molecule has 0 aliphatic carbocycles. The molecule has 0 fully saturated rings. The van der Waals surface area contributed by atoms with Crippen LogP contribution >= 0.6 is 28.1 Å². The van der Waals surface area contributed by atoms with Crippen molar-refractivity contribution in [2.45, 2.75) is 13.5 Å². The first-order valence-corrected chi connectivity index (χ1v) is 10.7. The fourth-order valence-electron chi connectivity index (χ4n) is 2.78. The minimum atomic E-state index is -0.390. The lowest BCUT2D eigenvalue weighted by atomic mass is 10.2. The van der Waals surface area contributed by atoms with Gasteiger partial charge in [-0.3, -0.25) is 15.1 Å². The van der Waals surface area contributed by atoms with Crippen LogP contribution in [0.3, 0.4) is 0 Å². The van der Waals surface area contributed by atoms with Gasteiger partial charge in [-0.25, -0.2) is 4.79 Å². The number of halogens is 1. The molecule has 8 heteroatoms. The van der Waals surface area contributed by atoms with E-state index in [1.165, 1.54) is 0 Å². The number of nitrogens with zero attached hydrogens (tertiary/aromatic N) is 2. The highest BCUT2D eigenvalue weighted by Crippen LogP contribution is 2.19. The number of benzene rings is 2. The Balaban J connectivity index is 1.83. The summed E-state index contributed by atoms with van der Waals surface area (Å²) in [5.74, 6) is -0.698. The molecule has 31 heavy (non-hydrogen) atoms. The molecule has 1 N–H and O–H groups in total. The number of pyridine rings is 1. The van der Waals surface area contributed by atoms with Crippen molar-refractivity contribution in [2.75, 3.05) is 11.5 Å². The van der Waals surface area contributed by atoms with E-state index in [9.17, 15) is 9.59 Å². The number of aromatic nitrogens is 1. The molecule has 0 radical (unpaired) electrons. The third kappa shape index (κ3) is 6.19. The molecule has 0 atom stereocenters. The summed E-state index contributed by atoms with van der Waals surface area (Å²) in [7, 11) is 0. The van der Waals surface area contributed by atoms with Crippen LogP contribution in [0.2, 0.25) is 0 Å². The number of hydrogen-bond donors (Lipinski definition) is 1. The third-order valence-corrected chi connectivity index (χ3v) is 5.18. The molecule has 158 valence electrons. The van der Waals surface area contributed by atoms with Crippen molar-refractivity contribution in [1.29, 1.82) is 0 Å². The van der Waals surface area contributed by atoms with Gasteiger partial charge in [0.25, 0.3) is 5.91 Å². The van der Waals surface area contributed by atoms with E-state index in [1.807, 2.05) is 12.1 Å². The van der Waals surface area contributed by atoms with Crippen LogP contribution in [-0.4, -0.2) is 28.6 Å². The number of anilines is 1. The highest BCUT2D eigenvalue weighted by atomic mass is 79.9. The standard InChI is InChI=1S/C23H20BrN3O3S/c1-2-30-22(29)18-7-11-20(12-8-18)27(15-16-4-3-13-25-14-16)23(31)26-21(28)17-5-9-19(24)10-6-17/h3-14H,2,15H2,1H3,(H,26,28,31). The van der Waals surface area contributed by atoms with Crippen molar-refractivity contribution >= 4 is 50.8 Å². The molecule has 1 aromatic heterocycles. The largest absolute Gasteiger partial charge is 0.462 e. The van der Waals surface area contributed by atoms with Crippen molar-refractivity contribution in [1.82, 2.24) is 10.3 Å². The number of nitrogens with one attached hydrogen (secondary N) is 1. The third-order valence-electron chi connectivity index (χ3n) is 4.33. The Hall–Kier alpha value is -3.10. The summed E-state index contributed by atoms with van der Waals surface area (Å²) < 4.78 is 5.92. The van der Waals surface area contributed by atoms with Gasteiger partial charge in [0, 0.05) is 28.1 Å². The van der Waals surface area contributed by atoms with Crippen molar-refractivity contribution < 1.29 is 14.3 Å². The Labute approximate surface area is 194 Å². The minimum Gasteiger partial charge on any atom is -0.462 e. The van der Waals surface area contributed by atoms with Crippen LogP contribution < -0.4 is 10.2 Å². The summed E-state index contributed by atoms with van der Waals surface area (Å²) in [6.07, 6.45) is 3.43. The fourth-order valence-corrected chi connectivity index (χ4v) is 3.31. The number of esters is 1. The normalized spacial score (nSPS) is 10.3. The number of thiocarbonyl (C=S) groups is 1. The van der Waals surface area contributed by atoms with Gasteiger partial charge in [-0.1, -0.05) is 22.0 Å². The second kappa shape index (κ2) is 10.8. The number of ether oxygens (including phenoxy) is 1. The molecule has 1 amide bonds. The van der Waals surface area contributed by atoms with Gasteiger partial charge in [-0.2, -0.15) is 0 Å². The van der Waals surface area contributed by atoms with Crippen molar-refractivity contribution in [2.24, 2.45) is 0 Å². The van der Waals surface area contributed by atoms with Crippen LogP contribution in [0.25, 0.3) is 0 Å². The highest BCUT2D eigenvalue weighted by molar-refractivity contribution is 9.10. The summed E-state index contributed by atoms with van der Waals surface area (Å²) in [6.45, 7) is 2.46. The van der Waals surface area contributed by atoms with Crippen LogP contribution in [0, 0.1) is 0 Å². The lowest BCUT2D eigenvalue weighted by Gasteiger charge is -2.26. The second-order valence-electron chi connectivity index (χ2n) is 6.48. The quantitative estimate of drug-likeness (QED) is 0.391. The number of carbonyl (C=O) groups excluding carboxylic acids is 2. The highest BCUT2D eigenvalue weighted by Gasteiger charge is 2.17. The van der Waals surface area contributed by atoms with E-state index in [0.29, 0.717) is 24.3 Å². The van der Waals surface area contributed by atoms with Gasteiger partial charge in [0.05, 0.1) is 18.7 Å². The monoisotopic (exact) mass is 497 g/mol. The SMILES string of the molecule is CCOC(=O)c1ccc(N(Cc2cccnc2)C(=S)NC(=O)c2ccc(Br)cc2)cc1. The van der Waals surface area contributed by atoms with E-state index in [1.54, 1.807) is 72.7 Å². The van der Waals surface area contributed by atoms with Gasteiger partial charge in [0.15, 0.2) is 5.11 Å². The van der Waals surface area contributed by atoms with Crippen LogP contribution in [0.1, 0.15) is 33.2 Å². The zero-order valence-corrected chi connectivity index (χ0v) is 19.2. The molecule has 0 aliphatic heterocycles. The fraction of sp³-hybridized carbons (Fsp3) is 0.130. The Morgan fingerprint density at radius 1 is 1.06 bits per heavy atom. The average molecular weight is 498 g/mol. The predicted octanol–water partition coefficient (Wildman–Crippen LogP) is 4.74. The summed E-state index contributed by atoms with van der Waals surface area (Å²) in [6, 6.07) is 17.6. The average Bonchev–Trinajstić information content (AvgIpc) is 2.79. The van der Waals surface area contributed by atoms with Crippen molar-refractivity contribution in [3.63, 3.8) is 0 Å². The molecule has 0 unspecified atom stereocenters. The molecule has 1 heterocycles. The van der Waals surface area contributed by atoms with E-state index >= 15 is 0 Å². The van der Waals surface area contributed by atoms with Crippen LogP contribution in [0.5, 0.6) is 0 Å². The van der Waals surface area contributed by atoms with Crippen LogP contribution in [0.4, 0.5) is 5.69 Å². The Bertz CT molecular complexity index is 1060. The first-order chi connectivity index (χ1) is 15.0. The first-order valence-electron chi connectivity index (χ1n) is 9.52. The van der Waals surface area contributed by atoms with E-state index in [2.05, 4.69) is 26.2 Å². The minimum absolute atomic E-state index is 0.237. The number of hydrogen-bond acceptors (Lipinski definition) is 5. The molecule has 0 aliphatic rings. The molecule has 3 aromatic rings. The van der Waals surface area contributed by atoms with Crippen LogP contribution in [0.15, 0.2) is 77.5 Å². The smallest absolute Gasteiger partial charge is 0.338 e. The zero-order valence-electron chi connectivity index (χ0n) is 16.7. The first kappa shape index (κ1) is 22.6. The number of carbonyl (C=O) groups is 2. The van der Waals surface area contributed by atoms with Gasteiger partial charge < -0.3 is 9.64 Å². The van der Waals surface area contributed by atoms with E-state index in [-0.39, 0.29) is 17.0 Å². The maximum absolute atomic E-state index is 12.7. The maximum Gasteiger partial charge on any atom is 0.338 e. The van der Waals surface area contributed by atoms with Gasteiger partial charge in [-0.15, -0.1) is 0 Å². The van der Waals surface area contributed by atoms with Crippen molar-refractivity contribution in [3.8, 4) is 0 Å². The zero-order chi connectivity index (χ0) is 22.2. The molecule has 0 bridgehead atoms. The summed E-state index contributed by atoms with van der Waals surface area (Å²) >= 11 is 8.91. The van der Waals surface area contributed by atoms with Crippen molar-refractivity contribution in [3.05, 3.63) is 94.2 Å².